The molecule has 0 aliphatic rings. The van der Waals surface area contributed by atoms with Crippen molar-refractivity contribution in [1.82, 2.24) is 0 Å². The van der Waals surface area contributed by atoms with Crippen LogP contribution in [0.25, 0.3) is 0 Å². The first-order valence-corrected chi connectivity index (χ1v) is 4.65. The Morgan fingerprint density at radius 1 is 1.47 bits per heavy atom. The SMILES string of the molecule is Cc1ccc(N)c(C(O)C(O)CC#N)c1. The van der Waals surface area contributed by atoms with Gasteiger partial charge in [0.2, 0.25) is 0 Å². The molecule has 1 rings (SSSR count). The zero-order valence-corrected chi connectivity index (χ0v) is 8.51. The molecule has 2 unspecified atom stereocenters. The maximum Gasteiger partial charge on any atom is 0.108 e. The van der Waals surface area contributed by atoms with E-state index < -0.39 is 12.2 Å². The average molecular weight is 206 g/mol. The first-order valence-electron chi connectivity index (χ1n) is 4.65. The Labute approximate surface area is 88.6 Å². The molecular formula is C11H14N2O2. The number of anilines is 1. The lowest BCUT2D eigenvalue weighted by atomic mass is 9.99. The summed E-state index contributed by atoms with van der Waals surface area (Å²) in [6, 6.07) is 7.01. The van der Waals surface area contributed by atoms with Crippen molar-refractivity contribution in [2.75, 3.05) is 5.73 Å². The van der Waals surface area contributed by atoms with Crippen molar-refractivity contribution < 1.29 is 10.2 Å². The van der Waals surface area contributed by atoms with Gasteiger partial charge >= 0.3 is 0 Å². The molecule has 0 bridgehead atoms. The standard InChI is InChI=1S/C11H14N2O2/c1-7-2-3-9(13)8(6-7)11(15)10(14)4-5-12/h2-3,6,10-11,14-15H,4,13H2,1H3. The summed E-state index contributed by atoms with van der Waals surface area (Å²) < 4.78 is 0. The molecule has 0 radical (unpaired) electrons. The highest BCUT2D eigenvalue weighted by Gasteiger charge is 2.20. The van der Waals surface area contributed by atoms with Crippen LogP contribution in [0.5, 0.6) is 0 Å². The summed E-state index contributed by atoms with van der Waals surface area (Å²) in [6.07, 6.45) is -2.32. The second-order valence-corrected chi connectivity index (χ2v) is 3.51. The minimum Gasteiger partial charge on any atom is -0.398 e. The highest BCUT2D eigenvalue weighted by molar-refractivity contribution is 5.49. The van der Waals surface area contributed by atoms with Crippen LogP contribution in [0.2, 0.25) is 0 Å². The van der Waals surface area contributed by atoms with Gasteiger partial charge in [0.15, 0.2) is 0 Å². The predicted molar refractivity (Wildman–Crippen MR) is 56.8 cm³/mol. The van der Waals surface area contributed by atoms with Gasteiger partial charge in [-0.15, -0.1) is 0 Å². The Morgan fingerprint density at radius 3 is 2.73 bits per heavy atom. The maximum atomic E-state index is 9.74. The van der Waals surface area contributed by atoms with E-state index in [2.05, 4.69) is 0 Å². The number of nitrogens with zero attached hydrogens (tertiary/aromatic N) is 1. The Kier molecular flexibility index (Phi) is 3.67. The van der Waals surface area contributed by atoms with Crippen molar-refractivity contribution >= 4 is 5.69 Å². The zero-order chi connectivity index (χ0) is 11.4. The lowest BCUT2D eigenvalue weighted by molar-refractivity contribution is 0.0220. The molecule has 0 aliphatic heterocycles. The van der Waals surface area contributed by atoms with Crippen LogP contribution in [0, 0.1) is 18.3 Å². The summed E-state index contributed by atoms with van der Waals surface area (Å²) >= 11 is 0. The van der Waals surface area contributed by atoms with Gasteiger partial charge in [0.25, 0.3) is 0 Å². The second kappa shape index (κ2) is 4.78. The van der Waals surface area contributed by atoms with E-state index >= 15 is 0 Å². The van der Waals surface area contributed by atoms with Crippen LogP contribution in [0.1, 0.15) is 23.7 Å². The molecule has 4 N–H and O–H groups in total. The van der Waals surface area contributed by atoms with Gasteiger partial charge in [0, 0.05) is 11.3 Å². The van der Waals surface area contributed by atoms with Crippen LogP contribution < -0.4 is 5.73 Å². The lowest BCUT2D eigenvalue weighted by Gasteiger charge is -2.17. The number of hydrogen-bond donors (Lipinski definition) is 3. The van der Waals surface area contributed by atoms with Gasteiger partial charge in [0.05, 0.1) is 18.6 Å². The quantitative estimate of drug-likeness (QED) is 0.640. The third-order valence-electron chi connectivity index (χ3n) is 2.23. The van der Waals surface area contributed by atoms with E-state index in [0.29, 0.717) is 11.3 Å². The molecular weight excluding hydrogens is 192 g/mol. The minimum atomic E-state index is -1.11. The van der Waals surface area contributed by atoms with Crippen LogP contribution in [0.3, 0.4) is 0 Å². The molecule has 0 saturated carbocycles. The third-order valence-corrected chi connectivity index (χ3v) is 2.23. The molecule has 1 aromatic rings. The van der Waals surface area contributed by atoms with Crippen LogP contribution in [-0.4, -0.2) is 16.3 Å². The normalized spacial score (nSPS) is 14.3. The minimum absolute atomic E-state index is 0.117. The summed E-state index contributed by atoms with van der Waals surface area (Å²) in [7, 11) is 0. The molecule has 0 aliphatic carbocycles. The molecule has 0 heterocycles. The Balaban J connectivity index is 2.95. The fraction of sp³-hybridized carbons (Fsp3) is 0.364. The maximum absolute atomic E-state index is 9.74. The molecule has 80 valence electrons. The van der Waals surface area contributed by atoms with Gasteiger partial charge in [-0.2, -0.15) is 5.26 Å². The summed E-state index contributed by atoms with van der Waals surface area (Å²) in [5, 5.41) is 27.6. The number of nitrogen functional groups attached to an aromatic ring is 1. The Hall–Kier alpha value is -1.57. The van der Waals surface area contributed by atoms with Crippen LogP contribution in [0.15, 0.2) is 18.2 Å². The number of aryl methyl sites for hydroxylation is 1. The van der Waals surface area contributed by atoms with Gasteiger partial charge in [-0.25, -0.2) is 0 Å². The number of hydrogen-bond acceptors (Lipinski definition) is 4. The fourth-order valence-corrected chi connectivity index (χ4v) is 1.36. The summed E-state index contributed by atoms with van der Waals surface area (Å²) in [5.41, 5.74) is 7.51. The van der Waals surface area contributed by atoms with Gasteiger partial charge in [0.1, 0.15) is 6.10 Å². The van der Waals surface area contributed by atoms with Crippen LogP contribution in [0.4, 0.5) is 5.69 Å². The van der Waals surface area contributed by atoms with Gasteiger partial charge < -0.3 is 15.9 Å². The topological polar surface area (TPSA) is 90.3 Å². The molecule has 0 amide bonds. The number of nitrogens with two attached hydrogens (primary N) is 1. The molecule has 4 nitrogen and oxygen atoms in total. The molecule has 0 spiro atoms. The van der Waals surface area contributed by atoms with E-state index in [1.165, 1.54) is 0 Å². The van der Waals surface area contributed by atoms with Crippen molar-refractivity contribution in [1.29, 1.82) is 5.26 Å². The summed E-state index contributed by atoms with van der Waals surface area (Å²) in [4.78, 5) is 0. The molecule has 1 aromatic carbocycles. The van der Waals surface area contributed by atoms with E-state index in [1.807, 2.05) is 13.0 Å². The van der Waals surface area contributed by atoms with Gasteiger partial charge in [-0.3, -0.25) is 0 Å². The molecule has 0 aromatic heterocycles. The first kappa shape index (κ1) is 11.5. The molecule has 0 fully saturated rings. The predicted octanol–water partition coefficient (Wildman–Crippen LogP) is 0.885. The van der Waals surface area contributed by atoms with Gasteiger partial charge in [-0.05, 0) is 13.0 Å². The molecule has 15 heavy (non-hydrogen) atoms. The average Bonchev–Trinajstić information content (AvgIpc) is 2.21. The second-order valence-electron chi connectivity index (χ2n) is 3.51. The summed E-state index contributed by atoms with van der Waals surface area (Å²) in [5.74, 6) is 0. The van der Waals surface area contributed by atoms with Crippen molar-refractivity contribution in [3.63, 3.8) is 0 Å². The number of aliphatic hydroxyl groups is 2. The summed E-state index contributed by atoms with van der Waals surface area (Å²) in [6.45, 7) is 1.87. The van der Waals surface area contributed by atoms with Crippen molar-refractivity contribution in [3.8, 4) is 6.07 Å². The number of nitriles is 1. The number of rotatable bonds is 3. The van der Waals surface area contributed by atoms with Crippen molar-refractivity contribution in [2.45, 2.75) is 25.6 Å². The van der Waals surface area contributed by atoms with E-state index in [1.54, 1.807) is 18.2 Å². The Bertz CT molecular complexity index is 385. The highest BCUT2D eigenvalue weighted by atomic mass is 16.3. The van der Waals surface area contributed by atoms with Crippen LogP contribution in [-0.2, 0) is 0 Å². The van der Waals surface area contributed by atoms with E-state index in [9.17, 15) is 10.2 Å². The monoisotopic (exact) mass is 206 g/mol. The number of aliphatic hydroxyl groups excluding tert-OH is 2. The third kappa shape index (κ3) is 2.69. The Morgan fingerprint density at radius 2 is 2.13 bits per heavy atom. The number of benzene rings is 1. The molecule has 2 atom stereocenters. The van der Waals surface area contributed by atoms with Crippen molar-refractivity contribution in [2.24, 2.45) is 0 Å². The smallest absolute Gasteiger partial charge is 0.108 e. The zero-order valence-electron chi connectivity index (χ0n) is 8.51. The molecule has 4 heteroatoms. The largest absolute Gasteiger partial charge is 0.398 e. The van der Waals surface area contributed by atoms with Crippen LogP contribution >= 0.6 is 0 Å². The van der Waals surface area contributed by atoms with E-state index in [-0.39, 0.29) is 6.42 Å². The van der Waals surface area contributed by atoms with Crippen molar-refractivity contribution in [3.05, 3.63) is 29.3 Å². The highest BCUT2D eigenvalue weighted by Crippen LogP contribution is 2.25. The van der Waals surface area contributed by atoms with E-state index in [4.69, 9.17) is 11.0 Å². The van der Waals surface area contributed by atoms with E-state index in [0.717, 1.165) is 5.56 Å². The fourth-order valence-electron chi connectivity index (χ4n) is 1.36. The van der Waals surface area contributed by atoms with Gasteiger partial charge in [-0.1, -0.05) is 17.7 Å². The molecule has 0 saturated heterocycles. The first-order chi connectivity index (χ1) is 7.06. The lowest BCUT2D eigenvalue weighted by Crippen LogP contribution is -2.18.